The van der Waals surface area contributed by atoms with Crippen LogP contribution in [-0.2, 0) is 14.3 Å². The van der Waals surface area contributed by atoms with Gasteiger partial charge in [-0.3, -0.25) is 0 Å². The van der Waals surface area contributed by atoms with Crippen LogP contribution in [0.5, 0.6) is 0 Å². The van der Waals surface area contributed by atoms with Crippen LogP contribution in [0.4, 0.5) is 0 Å². The number of unbranched alkanes of at least 4 members (excludes halogenated alkanes) is 3. The zero-order chi connectivity index (χ0) is 12.4. The monoisotopic (exact) mass is 228 g/mol. The van der Waals surface area contributed by atoms with Gasteiger partial charge in [0.1, 0.15) is 0 Å². The first-order valence-electron chi connectivity index (χ1n) is 5.72. The molecule has 0 aliphatic carbocycles. The van der Waals surface area contributed by atoms with Gasteiger partial charge in [-0.1, -0.05) is 26.2 Å². The summed E-state index contributed by atoms with van der Waals surface area (Å²) in [7, 11) is 0. The number of carbonyl (C=O) groups is 2. The number of ether oxygens (including phenoxy) is 1. The fourth-order valence-corrected chi connectivity index (χ4v) is 1.35. The summed E-state index contributed by atoms with van der Waals surface area (Å²) >= 11 is 0. The fraction of sp³-hybridized carbons (Fsp3) is 0.667. The topological polar surface area (TPSA) is 63.6 Å². The molecule has 0 spiro atoms. The Hall–Kier alpha value is -1.32. The van der Waals surface area contributed by atoms with E-state index in [9.17, 15) is 9.59 Å². The molecule has 0 fully saturated rings. The maximum Gasteiger partial charge on any atom is 0.334 e. The second-order valence-corrected chi connectivity index (χ2v) is 3.54. The zero-order valence-corrected chi connectivity index (χ0v) is 9.99. The van der Waals surface area contributed by atoms with Crippen molar-refractivity contribution in [3.8, 4) is 0 Å². The molecule has 92 valence electrons. The first-order valence-corrected chi connectivity index (χ1v) is 5.72. The summed E-state index contributed by atoms with van der Waals surface area (Å²) in [6.07, 6.45) is 5.47. The van der Waals surface area contributed by atoms with Crippen molar-refractivity contribution in [2.24, 2.45) is 0 Å². The summed E-state index contributed by atoms with van der Waals surface area (Å²) in [5.41, 5.74) is 0.255. The van der Waals surface area contributed by atoms with Crippen LogP contribution in [0.25, 0.3) is 0 Å². The molecule has 0 aliphatic heterocycles. The van der Waals surface area contributed by atoms with Gasteiger partial charge >= 0.3 is 11.9 Å². The summed E-state index contributed by atoms with van der Waals surface area (Å²) in [6, 6.07) is 0. The zero-order valence-electron chi connectivity index (χ0n) is 9.99. The highest BCUT2D eigenvalue weighted by Gasteiger charge is 2.11. The molecule has 0 aromatic rings. The van der Waals surface area contributed by atoms with E-state index in [-0.39, 0.29) is 12.2 Å². The Morgan fingerprint density at radius 3 is 2.38 bits per heavy atom. The number of esters is 1. The summed E-state index contributed by atoms with van der Waals surface area (Å²) in [5.74, 6) is -1.61. The molecule has 0 aliphatic rings. The lowest BCUT2D eigenvalue weighted by Gasteiger charge is -2.05. The molecule has 0 rings (SSSR count). The molecule has 0 unspecified atom stereocenters. The number of rotatable bonds is 8. The first kappa shape index (κ1) is 14.7. The van der Waals surface area contributed by atoms with E-state index in [1.807, 2.05) is 0 Å². The molecule has 0 atom stereocenters. The van der Waals surface area contributed by atoms with Gasteiger partial charge in [0.25, 0.3) is 0 Å². The lowest BCUT2D eigenvalue weighted by molar-refractivity contribution is -0.139. The standard InChI is InChI=1S/C12H20O4/c1-3-5-6-7-8-10(9-11(13)14)12(15)16-4-2/h9H,3-8H2,1-2H3,(H,13,14). The van der Waals surface area contributed by atoms with Crippen LogP contribution in [0.15, 0.2) is 11.6 Å². The maximum absolute atomic E-state index is 11.4. The van der Waals surface area contributed by atoms with Crippen LogP contribution in [0.3, 0.4) is 0 Å². The van der Waals surface area contributed by atoms with Crippen LogP contribution in [0.2, 0.25) is 0 Å². The Balaban J connectivity index is 4.22. The molecule has 0 saturated carbocycles. The molecule has 0 amide bonds. The van der Waals surface area contributed by atoms with Crippen LogP contribution in [0, 0.1) is 0 Å². The first-order chi connectivity index (χ1) is 7.61. The van der Waals surface area contributed by atoms with Crippen molar-refractivity contribution in [2.75, 3.05) is 6.61 Å². The van der Waals surface area contributed by atoms with Gasteiger partial charge < -0.3 is 9.84 Å². The van der Waals surface area contributed by atoms with Crippen molar-refractivity contribution in [3.05, 3.63) is 11.6 Å². The summed E-state index contributed by atoms with van der Waals surface area (Å²) < 4.78 is 4.79. The molecule has 4 nitrogen and oxygen atoms in total. The number of hydrogen-bond donors (Lipinski definition) is 1. The third kappa shape index (κ3) is 7.04. The molecular weight excluding hydrogens is 208 g/mol. The average Bonchev–Trinajstić information content (AvgIpc) is 2.22. The third-order valence-electron chi connectivity index (χ3n) is 2.13. The highest BCUT2D eigenvalue weighted by Crippen LogP contribution is 2.11. The minimum Gasteiger partial charge on any atom is -0.478 e. The van der Waals surface area contributed by atoms with E-state index in [1.165, 1.54) is 0 Å². The minimum absolute atomic E-state index is 0.255. The van der Waals surface area contributed by atoms with Crippen molar-refractivity contribution in [3.63, 3.8) is 0 Å². The normalized spacial score (nSPS) is 11.2. The molecule has 0 bridgehead atoms. The van der Waals surface area contributed by atoms with Gasteiger partial charge in [0, 0.05) is 11.6 Å². The highest BCUT2D eigenvalue weighted by atomic mass is 16.5. The smallest absolute Gasteiger partial charge is 0.334 e. The van der Waals surface area contributed by atoms with Crippen molar-refractivity contribution in [1.82, 2.24) is 0 Å². The molecule has 0 aromatic carbocycles. The van der Waals surface area contributed by atoms with Crippen LogP contribution in [-0.4, -0.2) is 23.7 Å². The Kier molecular flexibility index (Phi) is 8.21. The van der Waals surface area contributed by atoms with Crippen LogP contribution < -0.4 is 0 Å². The maximum atomic E-state index is 11.4. The van der Waals surface area contributed by atoms with Gasteiger partial charge in [0.2, 0.25) is 0 Å². The molecule has 16 heavy (non-hydrogen) atoms. The second-order valence-electron chi connectivity index (χ2n) is 3.54. The molecule has 1 N–H and O–H groups in total. The van der Waals surface area contributed by atoms with Crippen molar-refractivity contribution < 1.29 is 19.4 Å². The molecule has 0 heterocycles. The van der Waals surface area contributed by atoms with Gasteiger partial charge in [0.15, 0.2) is 0 Å². The second kappa shape index (κ2) is 8.95. The van der Waals surface area contributed by atoms with Crippen LogP contribution in [0.1, 0.15) is 46.0 Å². The summed E-state index contributed by atoms with van der Waals surface area (Å²) in [6.45, 7) is 4.07. The highest BCUT2D eigenvalue weighted by molar-refractivity contribution is 5.95. The molecule has 0 saturated heterocycles. The van der Waals surface area contributed by atoms with Crippen molar-refractivity contribution in [2.45, 2.75) is 46.0 Å². The quantitative estimate of drug-likeness (QED) is 0.394. The molecule has 0 aromatic heterocycles. The predicted octanol–water partition coefficient (Wildman–Crippen LogP) is 2.53. The lowest BCUT2D eigenvalue weighted by atomic mass is 10.1. The van der Waals surface area contributed by atoms with E-state index in [1.54, 1.807) is 6.92 Å². The number of aliphatic carboxylic acids is 1. The number of carboxylic acids is 1. The lowest BCUT2D eigenvalue weighted by Crippen LogP contribution is -2.09. The Morgan fingerprint density at radius 2 is 1.88 bits per heavy atom. The van der Waals surface area contributed by atoms with E-state index < -0.39 is 11.9 Å². The van der Waals surface area contributed by atoms with E-state index >= 15 is 0 Å². The Morgan fingerprint density at radius 1 is 1.19 bits per heavy atom. The van der Waals surface area contributed by atoms with E-state index in [0.29, 0.717) is 6.42 Å². The summed E-state index contributed by atoms with van der Waals surface area (Å²) in [5, 5.41) is 8.62. The molecule has 4 heteroatoms. The van der Waals surface area contributed by atoms with Gasteiger partial charge in [-0.25, -0.2) is 9.59 Å². The number of hydrogen-bond acceptors (Lipinski definition) is 3. The average molecular weight is 228 g/mol. The molecular formula is C12H20O4. The minimum atomic E-state index is -1.10. The van der Waals surface area contributed by atoms with Gasteiger partial charge in [-0.15, -0.1) is 0 Å². The summed E-state index contributed by atoms with van der Waals surface area (Å²) in [4.78, 5) is 21.9. The third-order valence-corrected chi connectivity index (χ3v) is 2.13. The van der Waals surface area contributed by atoms with E-state index in [0.717, 1.165) is 31.8 Å². The van der Waals surface area contributed by atoms with Gasteiger partial charge in [-0.05, 0) is 19.8 Å². The number of carboxylic acid groups (broad SMARTS) is 1. The Bertz CT molecular complexity index is 256. The largest absolute Gasteiger partial charge is 0.478 e. The van der Waals surface area contributed by atoms with E-state index in [4.69, 9.17) is 9.84 Å². The van der Waals surface area contributed by atoms with Crippen molar-refractivity contribution in [1.29, 1.82) is 0 Å². The number of carbonyl (C=O) groups excluding carboxylic acids is 1. The van der Waals surface area contributed by atoms with Crippen molar-refractivity contribution >= 4 is 11.9 Å². The Labute approximate surface area is 96.3 Å². The molecule has 0 radical (unpaired) electrons. The SMILES string of the molecule is CCCCCCC(=CC(=O)O)C(=O)OCC. The van der Waals surface area contributed by atoms with Gasteiger partial charge in [0.05, 0.1) is 6.61 Å². The van der Waals surface area contributed by atoms with E-state index in [2.05, 4.69) is 6.92 Å². The fourth-order valence-electron chi connectivity index (χ4n) is 1.35. The predicted molar refractivity (Wildman–Crippen MR) is 61.1 cm³/mol. The van der Waals surface area contributed by atoms with Gasteiger partial charge in [-0.2, -0.15) is 0 Å². The van der Waals surface area contributed by atoms with Crippen LogP contribution >= 0.6 is 0 Å².